The summed E-state index contributed by atoms with van der Waals surface area (Å²) in [6.07, 6.45) is 5.92. The molecule has 0 spiro atoms. The summed E-state index contributed by atoms with van der Waals surface area (Å²) in [5, 5.41) is 0. The maximum atomic E-state index is 5.65. The SMILES string of the molecule is CC.NCCCCCCCOc1cccc(N)c1. The van der Waals surface area contributed by atoms with E-state index in [2.05, 4.69) is 0 Å². The molecule has 0 radical (unpaired) electrons. The molecule has 0 aliphatic heterocycles. The third kappa shape index (κ3) is 8.88. The van der Waals surface area contributed by atoms with Crippen LogP contribution >= 0.6 is 0 Å². The van der Waals surface area contributed by atoms with Gasteiger partial charge in [-0.1, -0.05) is 39.2 Å². The molecule has 3 nitrogen and oxygen atoms in total. The summed E-state index contributed by atoms with van der Waals surface area (Å²) < 4.78 is 5.59. The predicted octanol–water partition coefficient (Wildman–Crippen LogP) is 3.58. The first kappa shape index (κ1) is 16.8. The van der Waals surface area contributed by atoms with Gasteiger partial charge >= 0.3 is 0 Å². The first-order chi connectivity index (χ1) is 8.83. The topological polar surface area (TPSA) is 61.3 Å². The van der Waals surface area contributed by atoms with Crippen molar-refractivity contribution in [2.45, 2.75) is 46.0 Å². The van der Waals surface area contributed by atoms with Gasteiger partial charge in [0, 0.05) is 11.8 Å². The predicted molar refractivity (Wildman–Crippen MR) is 79.8 cm³/mol. The van der Waals surface area contributed by atoms with Gasteiger partial charge in [-0.2, -0.15) is 0 Å². The normalized spacial score (nSPS) is 9.50. The largest absolute Gasteiger partial charge is 0.494 e. The van der Waals surface area contributed by atoms with Gasteiger partial charge in [0.1, 0.15) is 5.75 Å². The summed E-state index contributed by atoms with van der Waals surface area (Å²) in [6, 6.07) is 7.56. The molecule has 0 amide bonds. The van der Waals surface area contributed by atoms with Gasteiger partial charge in [-0.25, -0.2) is 0 Å². The van der Waals surface area contributed by atoms with Crippen molar-refractivity contribution in [1.29, 1.82) is 0 Å². The van der Waals surface area contributed by atoms with Crippen molar-refractivity contribution in [2.24, 2.45) is 5.73 Å². The van der Waals surface area contributed by atoms with E-state index >= 15 is 0 Å². The average Bonchev–Trinajstić information content (AvgIpc) is 2.40. The molecule has 0 saturated heterocycles. The van der Waals surface area contributed by atoms with Crippen LogP contribution in [0.5, 0.6) is 5.75 Å². The fourth-order valence-corrected chi connectivity index (χ4v) is 1.57. The van der Waals surface area contributed by atoms with E-state index in [0.717, 1.165) is 37.4 Å². The Morgan fingerprint density at radius 3 is 2.33 bits per heavy atom. The van der Waals surface area contributed by atoms with Gasteiger partial charge in [0.05, 0.1) is 6.61 Å². The third-order valence-corrected chi connectivity index (χ3v) is 2.48. The van der Waals surface area contributed by atoms with Crippen LogP contribution in [0.25, 0.3) is 0 Å². The minimum Gasteiger partial charge on any atom is -0.494 e. The van der Waals surface area contributed by atoms with Crippen LogP contribution in [0.2, 0.25) is 0 Å². The molecule has 4 N–H and O–H groups in total. The number of hydrogen-bond donors (Lipinski definition) is 2. The van der Waals surface area contributed by atoms with Crippen molar-refractivity contribution in [1.82, 2.24) is 0 Å². The standard InChI is InChI=1S/C13H22N2O.C2H6/c14-9-4-2-1-3-5-10-16-13-8-6-7-12(15)11-13;1-2/h6-8,11H,1-5,9-10,14-15H2;1-2H3. The van der Waals surface area contributed by atoms with E-state index in [9.17, 15) is 0 Å². The van der Waals surface area contributed by atoms with Crippen LogP contribution in [0.4, 0.5) is 5.69 Å². The summed E-state index contributed by atoms with van der Waals surface area (Å²) >= 11 is 0. The fraction of sp³-hybridized carbons (Fsp3) is 0.600. The molecule has 0 aromatic heterocycles. The molecule has 18 heavy (non-hydrogen) atoms. The van der Waals surface area contributed by atoms with Crippen LogP contribution in [-0.2, 0) is 0 Å². The highest BCUT2D eigenvalue weighted by atomic mass is 16.5. The number of nitrogens with two attached hydrogens (primary N) is 2. The van der Waals surface area contributed by atoms with E-state index in [0.29, 0.717) is 0 Å². The van der Waals surface area contributed by atoms with Crippen molar-refractivity contribution < 1.29 is 4.74 Å². The van der Waals surface area contributed by atoms with E-state index in [-0.39, 0.29) is 0 Å². The van der Waals surface area contributed by atoms with Crippen LogP contribution in [0.1, 0.15) is 46.0 Å². The van der Waals surface area contributed by atoms with Gasteiger partial charge in [-0.15, -0.1) is 0 Å². The van der Waals surface area contributed by atoms with Gasteiger partial charge in [0.2, 0.25) is 0 Å². The second-order valence-electron chi connectivity index (χ2n) is 3.98. The lowest BCUT2D eigenvalue weighted by atomic mass is 10.1. The number of ether oxygens (including phenoxy) is 1. The van der Waals surface area contributed by atoms with Crippen molar-refractivity contribution in [3.63, 3.8) is 0 Å². The quantitative estimate of drug-likeness (QED) is 0.549. The number of hydrogen-bond acceptors (Lipinski definition) is 3. The van der Waals surface area contributed by atoms with Crippen LogP contribution in [0, 0.1) is 0 Å². The molecule has 0 bridgehead atoms. The van der Waals surface area contributed by atoms with Crippen LogP contribution < -0.4 is 16.2 Å². The summed E-state index contributed by atoms with van der Waals surface area (Å²) in [7, 11) is 0. The summed E-state index contributed by atoms with van der Waals surface area (Å²) in [6.45, 7) is 5.58. The number of nitrogen functional groups attached to an aromatic ring is 1. The minimum absolute atomic E-state index is 0.750. The molecule has 0 unspecified atom stereocenters. The van der Waals surface area contributed by atoms with Crippen LogP contribution in [0.15, 0.2) is 24.3 Å². The molecule has 1 aromatic carbocycles. The molecule has 0 atom stereocenters. The Balaban J connectivity index is 0.00000137. The molecule has 1 rings (SSSR count). The summed E-state index contributed by atoms with van der Waals surface area (Å²) in [4.78, 5) is 0. The van der Waals surface area contributed by atoms with Crippen molar-refractivity contribution in [3.05, 3.63) is 24.3 Å². The molecule has 0 fully saturated rings. The highest BCUT2D eigenvalue weighted by Gasteiger charge is 1.94. The molecule has 0 saturated carbocycles. The number of benzene rings is 1. The van der Waals surface area contributed by atoms with Crippen molar-refractivity contribution >= 4 is 5.69 Å². The number of anilines is 1. The maximum Gasteiger partial charge on any atom is 0.121 e. The van der Waals surface area contributed by atoms with Gasteiger partial charge in [0.25, 0.3) is 0 Å². The molecule has 1 aromatic rings. The highest BCUT2D eigenvalue weighted by Crippen LogP contribution is 2.15. The van der Waals surface area contributed by atoms with E-state index in [1.807, 2.05) is 38.1 Å². The molecule has 0 aliphatic carbocycles. The smallest absolute Gasteiger partial charge is 0.121 e. The second-order valence-corrected chi connectivity index (χ2v) is 3.98. The second kappa shape index (κ2) is 12.2. The number of unbranched alkanes of at least 4 members (excludes halogenated alkanes) is 4. The molecule has 0 aliphatic rings. The molecule has 0 heterocycles. The lowest BCUT2D eigenvalue weighted by Gasteiger charge is -2.06. The lowest BCUT2D eigenvalue weighted by Crippen LogP contribution is -1.99. The minimum atomic E-state index is 0.750. The molecule has 104 valence electrons. The molecule has 3 heteroatoms. The Bertz CT molecular complexity index is 290. The summed E-state index contributed by atoms with van der Waals surface area (Å²) in [5.74, 6) is 0.863. The number of rotatable bonds is 8. The Morgan fingerprint density at radius 2 is 1.67 bits per heavy atom. The van der Waals surface area contributed by atoms with Crippen LogP contribution in [0.3, 0.4) is 0 Å². The zero-order valence-corrected chi connectivity index (χ0v) is 11.8. The Morgan fingerprint density at radius 1 is 1.00 bits per heavy atom. The van der Waals surface area contributed by atoms with Crippen molar-refractivity contribution in [3.8, 4) is 5.75 Å². The van der Waals surface area contributed by atoms with E-state index < -0.39 is 0 Å². The molecular weight excluding hydrogens is 224 g/mol. The lowest BCUT2D eigenvalue weighted by molar-refractivity contribution is 0.304. The zero-order chi connectivity index (χ0) is 13.6. The fourth-order valence-electron chi connectivity index (χ4n) is 1.57. The van der Waals surface area contributed by atoms with E-state index in [1.165, 1.54) is 19.3 Å². The third-order valence-electron chi connectivity index (χ3n) is 2.48. The molecular formula is C15H28N2O. The first-order valence-corrected chi connectivity index (χ1v) is 7.01. The van der Waals surface area contributed by atoms with E-state index in [4.69, 9.17) is 16.2 Å². The van der Waals surface area contributed by atoms with Crippen molar-refractivity contribution in [2.75, 3.05) is 18.9 Å². The van der Waals surface area contributed by atoms with Gasteiger partial charge in [0.15, 0.2) is 0 Å². The Labute approximate surface area is 112 Å². The Kier molecular flexibility index (Phi) is 11.4. The van der Waals surface area contributed by atoms with Gasteiger partial charge in [-0.05, 0) is 31.5 Å². The van der Waals surface area contributed by atoms with E-state index in [1.54, 1.807) is 0 Å². The van der Waals surface area contributed by atoms with Gasteiger partial charge < -0.3 is 16.2 Å². The van der Waals surface area contributed by atoms with Gasteiger partial charge in [-0.3, -0.25) is 0 Å². The average molecular weight is 252 g/mol. The summed E-state index contributed by atoms with van der Waals surface area (Å²) in [5.41, 5.74) is 11.8. The van der Waals surface area contributed by atoms with Crippen LogP contribution in [-0.4, -0.2) is 13.2 Å². The maximum absolute atomic E-state index is 5.65. The monoisotopic (exact) mass is 252 g/mol. The zero-order valence-electron chi connectivity index (χ0n) is 11.8. The highest BCUT2D eigenvalue weighted by molar-refractivity contribution is 5.43. The first-order valence-electron chi connectivity index (χ1n) is 7.01. The Hall–Kier alpha value is -1.22.